The number of ether oxygens (including phenoxy) is 1. The third-order valence-corrected chi connectivity index (χ3v) is 6.83. The Bertz CT molecular complexity index is 1130. The maximum Gasteiger partial charge on any atom is 0.253 e. The normalized spacial score (nSPS) is 13.9. The van der Waals surface area contributed by atoms with Crippen molar-refractivity contribution in [2.24, 2.45) is 0 Å². The van der Waals surface area contributed by atoms with Crippen LogP contribution in [0.25, 0.3) is 0 Å². The molecule has 1 fully saturated rings. The van der Waals surface area contributed by atoms with Gasteiger partial charge >= 0.3 is 0 Å². The molecular weight excluding hydrogens is 444 g/mol. The maximum absolute atomic E-state index is 12.8. The predicted octanol–water partition coefficient (Wildman–Crippen LogP) is 1.41. The number of nitrogens with zero attached hydrogens (tertiary/aromatic N) is 3. The Morgan fingerprint density at radius 1 is 1.06 bits per heavy atom. The van der Waals surface area contributed by atoms with E-state index in [1.54, 1.807) is 16.9 Å². The van der Waals surface area contributed by atoms with Crippen LogP contribution >= 0.6 is 0 Å². The van der Waals surface area contributed by atoms with E-state index in [4.69, 9.17) is 10.00 Å². The lowest BCUT2D eigenvalue weighted by molar-refractivity contribution is -0.131. The van der Waals surface area contributed by atoms with E-state index in [9.17, 15) is 18.0 Å². The van der Waals surface area contributed by atoms with Gasteiger partial charge in [-0.15, -0.1) is 0 Å². The third kappa shape index (κ3) is 6.31. The van der Waals surface area contributed by atoms with Crippen molar-refractivity contribution in [2.75, 3.05) is 39.8 Å². The van der Waals surface area contributed by atoms with Crippen LogP contribution in [0.15, 0.2) is 53.4 Å². The van der Waals surface area contributed by atoms with Gasteiger partial charge in [-0.1, -0.05) is 12.1 Å². The summed E-state index contributed by atoms with van der Waals surface area (Å²) in [7, 11) is -2.14. The van der Waals surface area contributed by atoms with Crippen molar-refractivity contribution in [3.8, 4) is 11.8 Å². The van der Waals surface area contributed by atoms with Gasteiger partial charge in [0, 0.05) is 44.7 Å². The molecule has 1 saturated heterocycles. The van der Waals surface area contributed by atoms with E-state index in [1.807, 2.05) is 30.3 Å². The fourth-order valence-corrected chi connectivity index (χ4v) is 4.54. The van der Waals surface area contributed by atoms with Crippen molar-refractivity contribution in [1.29, 1.82) is 5.26 Å². The molecule has 1 N–H and O–H groups in total. The van der Waals surface area contributed by atoms with E-state index >= 15 is 0 Å². The third-order valence-electron chi connectivity index (χ3n) is 5.35. The SMILES string of the molecule is COc1cccc(CC(=O)N2CCN(C(=O)c3ccc(S(=O)(=O)NCCC#N)cc3)CC2)c1. The Balaban J connectivity index is 1.54. The number of nitrogens with one attached hydrogen (secondary N) is 1. The summed E-state index contributed by atoms with van der Waals surface area (Å²) in [4.78, 5) is 28.9. The number of sulfonamides is 1. The molecule has 9 nitrogen and oxygen atoms in total. The Labute approximate surface area is 193 Å². The van der Waals surface area contributed by atoms with Gasteiger partial charge in [-0.3, -0.25) is 9.59 Å². The van der Waals surface area contributed by atoms with Crippen LogP contribution < -0.4 is 9.46 Å². The van der Waals surface area contributed by atoms with Crippen LogP contribution in [-0.4, -0.2) is 69.9 Å². The molecule has 174 valence electrons. The lowest BCUT2D eigenvalue weighted by atomic mass is 10.1. The van der Waals surface area contributed by atoms with Crippen molar-refractivity contribution in [2.45, 2.75) is 17.7 Å². The number of carbonyl (C=O) groups excluding carboxylic acids is 2. The van der Waals surface area contributed by atoms with Gasteiger partial charge in [0.05, 0.1) is 24.5 Å². The molecule has 1 heterocycles. The molecule has 0 spiro atoms. The first kappa shape index (κ1) is 24.2. The minimum atomic E-state index is -3.73. The molecule has 2 aromatic rings. The van der Waals surface area contributed by atoms with Crippen LogP contribution in [0.1, 0.15) is 22.3 Å². The summed E-state index contributed by atoms with van der Waals surface area (Å²) in [5, 5.41) is 8.53. The predicted molar refractivity (Wildman–Crippen MR) is 121 cm³/mol. The Morgan fingerprint density at radius 2 is 1.73 bits per heavy atom. The van der Waals surface area contributed by atoms with Crippen molar-refractivity contribution in [1.82, 2.24) is 14.5 Å². The van der Waals surface area contributed by atoms with Gasteiger partial charge in [0.1, 0.15) is 5.75 Å². The zero-order valence-corrected chi connectivity index (χ0v) is 19.2. The molecule has 10 heteroatoms. The highest BCUT2D eigenvalue weighted by molar-refractivity contribution is 7.89. The molecule has 0 saturated carbocycles. The van der Waals surface area contributed by atoms with Crippen molar-refractivity contribution in [3.05, 3.63) is 59.7 Å². The molecule has 0 bridgehead atoms. The lowest BCUT2D eigenvalue weighted by Crippen LogP contribution is -2.51. The molecule has 0 aromatic heterocycles. The van der Waals surface area contributed by atoms with Crippen molar-refractivity contribution in [3.63, 3.8) is 0 Å². The highest BCUT2D eigenvalue weighted by Gasteiger charge is 2.25. The number of carbonyl (C=O) groups is 2. The van der Waals surface area contributed by atoms with Gasteiger partial charge in [0.2, 0.25) is 15.9 Å². The molecule has 1 aliphatic heterocycles. The van der Waals surface area contributed by atoms with E-state index < -0.39 is 10.0 Å². The van der Waals surface area contributed by atoms with E-state index in [2.05, 4.69) is 4.72 Å². The monoisotopic (exact) mass is 470 g/mol. The van der Waals surface area contributed by atoms with Gasteiger partial charge in [0.25, 0.3) is 5.91 Å². The van der Waals surface area contributed by atoms with E-state index in [-0.39, 0.29) is 36.1 Å². The molecule has 0 aliphatic carbocycles. The second-order valence-electron chi connectivity index (χ2n) is 7.53. The molecule has 2 aromatic carbocycles. The van der Waals surface area contributed by atoms with Crippen LogP contribution in [-0.2, 0) is 21.2 Å². The minimum Gasteiger partial charge on any atom is -0.497 e. The van der Waals surface area contributed by atoms with Crippen molar-refractivity contribution >= 4 is 21.8 Å². The number of amides is 2. The van der Waals surface area contributed by atoms with Crippen LogP contribution in [0.4, 0.5) is 0 Å². The zero-order chi connectivity index (χ0) is 23.8. The van der Waals surface area contributed by atoms with Crippen LogP contribution in [0.5, 0.6) is 5.75 Å². The standard InChI is InChI=1S/C23H26N4O5S/c1-32-20-5-2-4-18(16-20)17-22(28)26-12-14-27(15-13-26)23(29)19-6-8-21(9-7-19)33(30,31)25-11-3-10-24/h2,4-9,16,25H,3,11-15,17H2,1H3. The number of hydrogen-bond donors (Lipinski definition) is 1. The zero-order valence-electron chi connectivity index (χ0n) is 18.4. The molecule has 1 aliphatic rings. The number of piperazine rings is 1. The van der Waals surface area contributed by atoms with Gasteiger partial charge in [-0.05, 0) is 42.0 Å². The molecule has 3 rings (SSSR count). The van der Waals surface area contributed by atoms with Crippen LogP contribution in [0.3, 0.4) is 0 Å². The molecule has 0 atom stereocenters. The first-order chi connectivity index (χ1) is 15.8. The number of rotatable bonds is 8. The number of hydrogen-bond acceptors (Lipinski definition) is 6. The molecule has 2 amide bonds. The Kier molecular flexibility index (Phi) is 8.03. The second kappa shape index (κ2) is 10.9. The summed E-state index contributed by atoms with van der Waals surface area (Å²) in [6, 6.07) is 14.9. The number of nitriles is 1. The van der Waals surface area contributed by atoms with Gasteiger partial charge in [-0.2, -0.15) is 5.26 Å². The maximum atomic E-state index is 12.8. The number of methoxy groups -OCH3 is 1. The van der Waals surface area contributed by atoms with Gasteiger partial charge < -0.3 is 14.5 Å². The summed E-state index contributed by atoms with van der Waals surface area (Å²) in [6.45, 7) is 1.70. The smallest absolute Gasteiger partial charge is 0.253 e. The molecular formula is C23H26N4O5S. The summed E-state index contributed by atoms with van der Waals surface area (Å²) in [5.74, 6) is 0.484. The summed E-state index contributed by atoms with van der Waals surface area (Å²) in [5.41, 5.74) is 1.25. The molecule has 0 unspecified atom stereocenters. The highest BCUT2D eigenvalue weighted by Crippen LogP contribution is 2.16. The topological polar surface area (TPSA) is 120 Å². The summed E-state index contributed by atoms with van der Waals surface area (Å²) in [6.07, 6.45) is 0.341. The largest absolute Gasteiger partial charge is 0.497 e. The lowest BCUT2D eigenvalue weighted by Gasteiger charge is -2.35. The van der Waals surface area contributed by atoms with E-state index in [0.29, 0.717) is 37.5 Å². The van der Waals surface area contributed by atoms with E-state index in [0.717, 1.165) is 5.56 Å². The van der Waals surface area contributed by atoms with Crippen LogP contribution in [0, 0.1) is 11.3 Å². The minimum absolute atomic E-state index is 0.00573. The Hall–Kier alpha value is -3.42. The fraction of sp³-hybridized carbons (Fsp3) is 0.348. The second-order valence-corrected chi connectivity index (χ2v) is 9.30. The first-order valence-corrected chi connectivity index (χ1v) is 12.0. The number of benzene rings is 2. The molecule has 33 heavy (non-hydrogen) atoms. The Morgan fingerprint density at radius 3 is 2.36 bits per heavy atom. The van der Waals surface area contributed by atoms with Gasteiger partial charge in [0.15, 0.2) is 0 Å². The van der Waals surface area contributed by atoms with Crippen LogP contribution in [0.2, 0.25) is 0 Å². The summed E-state index contributed by atoms with van der Waals surface area (Å²) >= 11 is 0. The summed E-state index contributed by atoms with van der Waals surface area (Å²) < 4.78 is 31.9. The average molecular weight is 471 g/mol. The quantitative estimate of drug-likeness (QED) is 0.583. The average Bonchev–Trinajstić information content (AvgIpc) is 2.84. The van der Waals surface area contributed by atoms with E-state index in [1.165, 1.54) is 24.3 Å². The molecule has 0 radical (unpaired) electrons. The van der Waals surface area contributed by atoms with Gasteiger partial charge in [-0.25, -0.2) is 13.1 Å². The highest BCUT2D eigenvalue weighted by atomic mass is 32.2. The first-order valence-electron chi connectivity index (χ1n) is 10.5. The van der Waals surface area contributed by atoms with Crippen molar-refractivity contribution < 1.29 is 22.7 Å². The fourth-order valence-electron chi connectivity index (χ4n) is 3.51.